The van der Waals surface area contributed by atoms with Crippen molar-refractivity contribution in [3.63, 3.8) is 0 Å². The van der Waals surface area contributed by atoms with Crippen molar-refractivity contribution in [1.82, 2.24) is 10.6 Å². The van der Waals surface area contributed by atoms with Gasteiger partial charge >= 0.3 is 12.0 Å². The molecule has 2 amide bonds. The number of anilines is 1. The lowest BCUT2D eigenvalue weighted by molar-refractivity contribution is 0.0693. The first kappa shape index (κ1) is 14.3. The van der Waals surface area contributed by atoms with Crippen molar-refractivity contribution < 1.29 is 19.1 Å². The van der Waals surface area contributed by atoms with Crippen LogP contribution in [0.2, 0.25) is 0 Å². The van der Waals surface area contributed by atoms with Crippen LogP contribution in [-0.2, 0) is 0 Å². The van der Waals surface area contributed by atoms with Gasteiger partial charge in [0.15, 0.2) is 0 Å². The number of carboxylic acid groups (broad SMARTS) is 1. The van der Waals surface area contributed by atoms with E-state index in [-0.39, 0.29) is 11.7 Å². The average Bonchev–Trinajstić information content (AvgIpc) is 2.39. The smallest absolute Gasteiger partial charge is 0.340 e. The summed E-state index contributed by atoms with van der Waals surface area (Å²) >= 11 is 0. The molecule has 0 saturated carbocycles. The number of urea groups is 1. The van der Waals surface area contributed by atoms with Crippen molar-refractivity contribution in [2.75, 3.05) is 18.4 Å². The van der Waals surface area contributed by atoms with Crippen molar-refractivity contribution in [3.8, 4) is 0 Å². The SMILES string of the molecule is O=C(Nc1cccc(F)c1C(=O)O)NC1CCNCC1. The number of piperidine rings is 1. The fraction of sp³-hybridized carbons (Fsp3) is 0.385. The van der Waals surface area contributed by atoms with Crippen molar-refractivity contribution >= 4 is 17.7 Å². The number of rotatable bonds is 3. The number of hydrogen-bond donors (Lipinski definition) is 4. The molecule has 4 N–H and O–H groups in total. The van der Waals surface area contributed by atoms with Gasteiger partial charge in [-0.1, -0.05) is 6.07 Å². The predicted molar refractivity (Wildman–Crippen MR) is 71.4 cm³/mol. The number of benzene rings is 1. The minimum absolute atomic E-state index is 0.0399. The third-order valence-corrected chi connectivity index (χ3v) is 3.15. The zero-order valence-corrected chi connectivity index (χ0v) is 10.8. The van der Waals surface area contributed by atoms with Crippen molar-refractivity contribution in [2.24, 2.45) is 0 Å². The number of amides is 2. The van der Waals surface area contributed by atoms with Crippen LogP contribution in [0, 0.1) is 5.82 Å². The molecule has 7 heteroatoms. The lowest BCUT2D eigenvalue weighted by Gasteiger charge is -2.23. The summed E-state index contributed by atoms with van der Waals surface area (Å²) in [6.07, 6.45) is 1.62. The van der Waals surface area contributed by atoms with Crippen LogP contribution >= 0.6 is 0 Å². The average molecular weight is 281 g/mol. The molecule has 2 rings (SSSR count). The zero-order chi connectivity index (χ0) is 14.5. The van der Waals surface area contributed by atoms with E-state index in [1.807, 2.05) is 0 Å². The van der Waals surface area contributed by atoms with Crippen LogP contribution in [0.3, 0.4) is 0 Å². The van der Waals surface area contributed by atoms with Crippen LogP contribution in [0.4, 0.5) is 14.9 Å². The second-order valence-electron chi connectivity index (χ2n) is 4.59. The molecule has 1 aromatic rings. The van der Waals surface area contributed by atoms with E-state index >= 15 is 0 Å². The molecule has 0 bridgehead atoms. The standard InChI is InChI=1S/C13H16FN3O3/c14-9-2-1-3-10(11(9)12(18)19)17-13(20)16-8-4-6-15-7-5-8/h1-3,8,15H,4-7H2,(H,18,19)(H2,16,17,20). The quantitative estimate of drug-likeness (QED) is 0.674. The monoisotopic (exact) mass is 281 g/mol. The Kier molecular flexibility index (Phi) is 4.52. The summed E-state index contributed by atoms with van der Waals surface area (Å²) < 4.78 is 13.4. The summed E-state index contributed by atoms with van der Waals surface area (Å²) in [7, 11) is 0. The minimum Gasteiger partial charge on any atom is -0.478 e. The fourth-order valence-electron chi connectivity index (χ4n) is 2.16. The molecule has 0 aromatic heterocycles. The summed E-state index contributed by atoms with van der Waals surface area (Å²) in [5, 5.41) is 17.3. The van der Waals surface area contributed by atoms with Gasteiger partial charge in [0.25, 0.3) is 0 Å². The number of hydrogen-bond acceptors (Lipinski definition) is 3. The van der Waals surface area contributed by atoms with E-state index in [2.05, 4.69) is 16.0 Å². The van der Waals surface area contributed by atoms with Crippen LogP contribution in [0.25, 0.3) is 0 Å². The van der Waals surface area contributed by atoms with E-state index in [0.29, 0.717) is 0 Å². The Morgan fingerprint density at radius 3 is 2.65 bits per heavy atom. The fourth-order valence-corrected chi connectivity index (χ4v) is 2.16. The molecule has 1 aliphatic rings. The van der Waals surface area contributed by atoms with Gasteiger partial charge in [0, 0.05) is 6.04 Å². The van der Waals surface area contributed by atoms with E-state index in [1.54, 1.807) is 0 Å². The van der Waals surface area contributed by atoms with Gasteiger partial charge in [0.2, 0.25) is 0 Å². The summed E-state index contributed by atoms with van der Waals surface area (Å²) in [6.45, 7) is 1.65. The molecule has 1 aromatic carbocycles. The molecular weight excluding hydrogens is 265 g/mol. The van der Waals surface area contributed by atoms with Gasteiger partial charge < -0.3 is 21.1 Å². The number of carboxylic acids is 1. The van der Waals surface area contributed by atoms with Crippen LogP contribution in [0.1, 0.15) is 23.2 Å². The Morgan fingerprint density at radius 2 is 2.00 bits per heavy atom. The van der Waals surface area contributed by atoms with Gasteiger partial charge in [0.1, 0.15) is 11.4 Å². The number of carbonyl (C=O) groups excluding carboxylic acids is 1. The lowest BCUT2D eigenvalue weighted by atomic mass is 10.1. The first-order valence-electron chi connectivity index (χ1n) is 6.38. The first-order valence-corrected chi connectivity index (χ1v) is 6.38. The molecule has 0 aliphatic carbocycles. The maximum Gasteiger partial charge on any atom is 0.340 e. The van der Waals surface area contributed by atoms with Crippen molar-refractivity contribution in [3.05, 3.63) is 29.6 Å². The highest BCUT2D eigenvalue weighted by Gasteiger charge is 2.19. The molecule has 20 heavy (non-hydrogen) atoms. The highest BCUT2D eigenvalue weighted by atomic mass is 19.1. The minimum atomic E-state index is -1.42. The van der Waals surface area contributed by atoms with Crippen LogP contribution in [0.15, 0.2) is 18.2 Å². The van der Waals surface area contributed by atoms with Gasteiger partial charge in [0.05, 0.1) is 5.69 Å². The van der Waals surface area contributed by atoms with Gasteiger partial charge in [-0.25, -0.2) is 14.0 Å². The summed E-state index contributed by atoms with van der Waals surface area (Å²) in [4.78, 5) is 22.8. The summed E-state index contributed by atoms with van der Waals surface area (Å²) in [5.41, 5.74) is -0.586. The number of nitrogens with one attached hydrogen (secondary N) is 3. The second-order valence-corrected chi connectivity index (χ2v) is 4.59. The third kappa shape index (κ3) is 3.45. The second kappa shape index (κ2) is 6.33. The Morgan fingerprint density at radius 1 is 1.30 bits per heavy atom. The normalized spacial score (nSPS) is 15.7. The van der Waals surface area contributed by atoms with E-state index in [1.165, 1.54) is 12.1 Å². The van der Waals surface area contributed by atoms with Crippen LogP contribution in [-0.4, -0.2) is 36.2 Å². The zero-order valence-electron chi connectivity index (χ0n) is 10.8. The molecular formula is C13H16FN3O3. The van der Waals surface area contributed by atoms with E-state index in [4.69, 9.17) is 5.11 Å². The molecule has 108 valence electrons. The predicted octanol–water partition coefficient (Wildman–Crippen LogP) is 1.40. The molecule has 6 nitrogen and oxygen atoms in total. The maximum atomic E-state index is 13.4. The Bertz CT molecular complexity index is 516. The van der Waals surface area contributed by atoms with Crippen LogP contribution in [0.5, 0.6) is 0 Å². The molecule has 0 spiro atoms. The highest BCUT2D eigenvalue weighted by molar-refractivity contribution is 6.00. The molecule has 0 unspecified atom stereocenters. The number of aromatic carboxylic acids is 1. The van der Waals surface area contributed by atoms with E-state index in [0.717, 1.165) is 32.0 Å². The summed E-state index contributed by atoms with van der Waals surface area (Å²) in [6, 6.07) is 3.26. The largest absolute Gasteiger partial charge is 0.478 e. The Balaban J connectivity index is 2.04. The van der Waals surface area contributed by atoms with Crippen molar-refractivity contribution in [2.45, 2.75) is 18.9 Å². The molecule has 0 radical (unpaired) electrons. The first-order chi connectivity index (χ1) is 9.58. The molecule has 1 heterocycles. The third-order valence-electron chi connectivity index (χ3n) is 3.15. The number of halogens is 1. The molecule has 1 fully saturated rings. The maximum absolute atomic E-state index is 13.4. The molecule has 1 aliphatic heterocycles. The molecule has 0 atom stereocenters. The van der Waals surface area contributed by atoms with Crippen molar-refractivity contribution in [1.29, 1.82) is 0 Å². The highest BCUT2D eigenvalue weighted by Crippen LogP contribution is 2.19. The Labute approximate surface area is 115 Å². The van der Waals surface area contributed by atoms with Gasteiger partial charge in [-0.2, -0.15) is 0 Å². The lowest BCUT2D eigenvalue weighted by Crippen LogP contribution is -2.44. The van der Waals surface area contributed by atoms with E-state index < -0.39 is 23.4 Å². The summed E-state index contributed by atoms with van der Waals surface area (Å²) in [5.74, 6) is -2.29. The van der Waals surface area contributed by atoms with Gasteiger partial charge in [-0.3, -0.25) is 0 Å². The van der Waals surface area contributed by atoms with Gasteiger partial charge in [-0.15, -0.1) is 0 Å². The Hall–Kier alpha value is -2.15. The van der Waals surface area contributed by atoms with Gasteiger partial charge in [-0.05, 0) is 38.1 Å². The molecule has 1 saturated heterocycles. The topological polar surface area (TPSA) is 90.5 Å². The van der Waals surface area contributed by atoms with Crippen LogP contribution < -0.4 is 16.0 Å². The van der Waals surface area contributed by atoms with E-state index in [9.17, 15) is 14.0 Å². The number of carbonyl (C=O) groups is 2.